The predicted octanol–water partition coefficient (Wildman–Crippen LogP) is 5.33. The third-order valence-corrected chi connectivity index (χ3v) is 5.43. The molecule has 0 amide bonds. The van der Waals surface area contributed by atoms with Crippen molar-refractivity contribution < 1.29 is 24.4 Å². The number of methoxy groups -OCH3 is 1. The maximum Gasteiger partial charge on any atom is 0.247 e. The van der Waals surface area contributed by atoms with Crippen molar-refractivity contribution in [1.82, 2.24) is 9.97 Å². The van der Waals surface area contributed by atoms with Gasteiger partial charge in [-0.15, -0.1) is 0 Å². The molecule has 212 valence electrons. The fraction of sp³-hybridized carbons (Fsp3) is 0.172. The number of aromatic hydroxyl groups is 2. The average Bonchev–Trinajstić information content (AvgIpc) is 2.97. The molecular formula is C29H31N7O5. The van der Waals surface area contributed by atoms with Crippen molar-refractivity contribution in [3.8, 4) is 28.7 Å². The van der Waals surface area contributed by atoms with Gasteiger partial charge in [-0.05, 0) is 73.5 Å². The number of phenols is 2. The molecule has 0 fully saturated rings. The van der Waals surface area contributed by atoms with Crippen LogP contribution in [0.25, 0.3) is 0 Å². The van der Waals surface area contributed by atoms with Gasteiger partial charge in [0, 0.05) is 6.07 Å². The van der Waals surface area contributed by atoms with Gasteiger partial charge in [0.25, 0.3) is 0 Å². The van der Waals surface area contributed by atoms with Gasteiger partial charge < -0.3 is 29.7 Å². The molecule has 0 aliphatic carbocycles. The smallest absolute Gasteiger partial charge is 0.247 e. The zero-order valence-corrected chi connectivity index (χ0v) is 22.8. The molecule has 3 aromatic carbocycles. The van der Waals surface area contributed by atoms with Gasteiger partial charge in [-0.2, -0.15) is 20.2 Å². The SMILES string of the molecule is CCOc1cc(C=NNc2cc(Nc3ccccc3OC)nc(NN=Cc3ccc(O)c(OCC)c3)n2)ccc1O. The first-order valence-corrected chi connectivity index (χ1v) is 12.8. The van der Waals surface area contributed by atoms with E-state index in [4.69, 9.17) is 14.2 Å². The summed E-state index contributed by atoms with van der Waals surface area (Å²) in [6, 6.07) is 18.9. The number of hydrogen-bond acceptors (Lipinski definition) is 12. The first-order chi connectivity index (χ1) is 20.0. The standard InChI is InChI=1S/C29H31N7O5/c1-4-40-25-14-19(10-12-22(25)37)17-30-35-28-16-27(32-21-8-6-7-9-24(21)39-3)33-29(34-28)36-31-18-20-11-13-23(38)26(15-20)41-5-2/h6-18,37-38H,4-5H2,1-3H3,(H3,32,33,34,35,36). The molecule has 1 heterocycles. The lowest BCUT2D eigenvalue weighted by atomic mass is 10.2. The number of ether oxygens (including phenoxy) is 3. The number of anilines is 4. The lowest BCUT2D eigenvalue weighted by Gasteiger charge is -2.12. The third kappa shape index (κ3) is 7.99. The summed E-state index contributed by atoms with van der Waals surface area (Å²) < 4.78 is 16.3. The van der Waals surface area contributed by atoms with Crippen LogP contribution < -0.4 is 30.4 Å². The Kier molecular flexibility index (Phi) is 9.75. The fourth-order valence-electron chi connectivity index (χ4n) is 3.61. The van der Waals surface area contributed by atoms with E-state index in [-0.39, 0.29) is 17.4 Å². The summed E-state index contributed by atoms with van der Waals surface area (Å²) in [5, 5.41) is 31.6. The van der Waals surface area contributed by atoms with E-state index >= 15 is 0 Å². The molecule has 5 N–H and O–H groups in total. The largest absolute Gasteiger partial charge is 0.504 e. The molecule has 4 aromatic rings. The van der Waals surface area contributed by atoms with Gasteiger partial charge in [-0.3, -0.25) is 5.43 Å². The maximum absolute atomic E-state index is 9.93. The van der Waals surface area contributed by atoms with Gasteiger partial charge in [-0.1, -0.05) is 12.1 Å². The van der Waals surface area contributed by atoms with Crippen molar-refractivity contribution in [3.63, 3.8) is 0 Å². The van der Waals surface area contributed by atoms with Crippen LogP contribution in [0.1, 0.15) is 25.0 Å². The van der Waals surface area contributed by atoms with E-state index in [0.29, 0.717) is 58.9 Å². The molecule has 0 spiro atoms. The number of phenolic OH excluding ortho intramolecular Hbond substituents is 2. The third-order valence-electron chi connectivity index (χ3n) is 5.43. The Morgan fingerprint density at radius 2 is 1.32 bits per heavy atom. The van der Waals surface area contributed by atoms with Crippen LogP contribution in [0.4, 0.5) is 23.3 Å². The summed E-state index contributed by atoms with van der Waals surface area (Å²) in [6.07, 6.45) is 3.13. The zero-order valence-electron chi connectivity index (χ0n) is 22.8. The van der Waals surface area contributed by atoms with E-state index in [0.717, 1.165) is 0 Å². The molecule has 0 bridgehead atoms. The van der Waals surface area contributed by atoms with Crippen LogP contribution in [0.3, 0.4) is 0 Å². The highest BCUT2D eigenvalue weighted by atomic mass is 16.5. The first kappa shape index (κ1) is 28.5. The minimum atomic E-state index is 0.0492. The summed E-state index contributed by atoms with van der Waals surface area (Å²) >= 11 is 0. The molecule has 0 saturated heterocycles. The number of nitrogens with zero attached hydrogens (tertiary/aromatic N) is 4. The van der Waals surface area contributed by atoms with Crippen LogP contribution in [-0.4, -0.2) is 52.9 Å². The molecule has 12 heteroatoms. The number of aromatic nitrogens is 2. The second-order valence-corrected chi connectivity index (χ2v) is 8.35. The topological polar surface area (TPSA) is 155 Å². The molecule has 12 nitrogen and oxygen atoms in total. The fourth-order valence-corrected chi connectivity index (χ4v) is 3.61. The molecule has 0 saturated carbocycles. The predicted molar refractivity (Wildman–Crippen MR) is 159 cm³/mol. The van der Waals surface area contributed by atoms with E-state index in [1.807, 2.05) is 38.1 Å². The number of rotatable bonds is 13. The van der Waals surface area contributed by atoms with Crippen molar-refractivity contribution in [2.45, 2.75) is 13.8 Å². The minimum absolute atomic E-state index is 0.0492. The molecule has 41 heavy (non-hydrogen) atoms. The average molecular weight is 558 g/mol. The van der Waals surface area contributed by atoms with Gasteiger partial charge in [0.2, 0.25) is 5.95 Å². The summed E-state index contributed by atoms with van der Waals surface area (Å²) in [7, 11) is 1.59. The highest BCUT2D eigenvalue weighted by Crippen LogP contribution is 2.29. The molecule has 0 atom stereocenters. The van der Waals surface area contributed by atoms with Crippen LogP contribution >= 0.6 is 0 Å². The number of hydrogen-bond donors (Lipinski definition) is 5. The van der Waals surface area contributed by atoms with E-state index in [1.165, 1.54) is 12.1 Å². The first-order valence-electron chi connectivity index (χ1n) is 12.8. The quantitative estimate of drug-likeness (QED) is 0.108. The summed E-state index contributed by atoms with van der Waals surface area (Å²) in [5.74, 6) is 2.48. The summed E-state index contributed by atoms with van der Waals surface area (Å²) in [6.45, 7) is 4.52. The van der Waals surface area contributed by atoms with Gasteiger partial charge in [0.1, 0.15) is 11.6 Å². The van der Waals surface area contributed by atoms with Crippen molar-refractivity contribution in [1.29, 1.82) is 0 Å². The van der Waals surface area contributed by atoms with Crippen LogP contribution in [0, 0.1) is 0 Å². The normalized spacial score (nSPS) is 11.0. The van der Waals surface area contributed by atoms with Crippen molar-refractivity contribution >= 4 is 35.7 Å². The Hall–Kier alpha value is -5.52. The second kappa shape index (κ2) is 14.0. The van der Waals surface area contributed by atoms with Crippen LogP contribution in [-0.2, 0) is 0 Å². The minimum Gasteiger partial charge on any atom is -0.504 e. The van der Waals surface area contributed by atoms with Crippen LogP contribution in [0.2, 0.25) is 0 Å². The Morgan fingerprint density at radius 1 is 0.732 bits per heavy atom. The zero-order chi connectivity index (χ0) is 29.0. The number of nitrogens with one attached hydrogen (secondary N) is 3. The molecule has 0 aliphatic rings. The molecule has 0 radical (unpaired) electrons. The molecule has 0 aliphatic heterocycles. The van der Waals surface area contributed by atoms with Gasteiger partial charge in [0.15, 0.2) is 28.8 Å². The van der Waals surface area contributed by atoms with Crippen molar-refractivity contribution in [3.05, 3.63) is 77.9 Å². The van der Waals surface area contributed by atoms with Crippen molar-refractivity contribution in [2.24, 2.45) is 10.2 Å². The van der Waals surface area contributed by atoms with Crippen LogP contribution in [0.5, 0.6) is 28.7 Å². The maximum atomic E-state index is 9.93. The van der Waals surface area contributed by atoms with E-state index in [9.17, 15) is 10.2 Å². The summed E-state index contributed by atoms with van der Waals surface area (Å²) in [5.41, 5.74) is 7.84. The van der Waals surface area contributed by atoms with Gasteiger partial charge in [0.05, 0.1) is 38.4 Å². The summed E-state index contributed by atoms with van der Waals surface area (Å²) in [4.78, 5) is 8.94. The highest BCUT2D eigenvalue weighted by molar-refractivity contribution is 5.82. The van der Waals surface area contributed by atoms with Gasteiger partial charge in [-0.25, -0.2) is 5.43 Å². The van der Waals surface area contributed by atoms with E-state index in [1.54, 1.807) is 49.9 Å². The van der Waals surface area contributed by atoms with E-state index < -0.39 is 0 Å². The second-order valence-electron chi connectivity index (χ2n) is 8.35. The molecule has 4 rings (SSSR count). The lowest BCUT2D eigenvalue weighted by Crippen LogP contribution is -2.04. The lowest BCUT2D eigenvalue weighted by molar-refractivity contribution is 0.318. The van der Waals surface area contributed by atoms with E-state index in [2.05, 4.69) is 36.3 Å². The number of hydrazone groups is 2. The monoisotopic (exact) mass is 557 g/mol. The number of benzene rings is 3. The Bertz CT molecular complexity index is 1440. The molecule has 1 aromatic heterocycles. The molecule has 0 unspecified atom stereocenters. The molecular weight excluding hydrogens is 526 g/mol. The Labute approximate surface area is 237 Å². The van der Waals surface area contributed by atoms with Crippen LogP contribution in [0.15, 0.2) is 76.9 Å². The Balaban J connectivity index is 1.56. The number of para-hydroxylation sites is 2. The Morgan fingerprint density at radius 3 is 1.93 bits per heavy atom. The van der Waals surface area contributed by atoms with Gasteiger partial charge >= 0.3 is 0 Å². The highest BCUT2D eigenvalue weighted by Gasteiger charge is 2.08. The van der Waals surface area contributed by atoms with Crippen molar-refractivity contribution in [2.75, 3.05) is 36.5 Å².